The molecule has 1 atom stereocenters. The molecular weight excluding hydrogens is 330 g/mol. The van der Waals surface area contributed by atoms with E-state index in [0.717, 1.165) is 22.6 Å². The summed E-state index contributed by atoms with van der Waals surface area (Å²) in [6.45, 7) is 1.06. The van der Waals surface area contributed by atoms with E-state index >= 15 is 0 Å². The zero-order chi connectivity index (χ0) is 16.5. The molecule has 0 radical (unpaired) electrons. The molecule has 2 aliphatic rings. The number of nitrogens with one attached hydrogen (secondary N) is 1. The molecule has 1 unspecified atom stereocenters. The summed E-state index contributed by atoms with van der Waals surface area (Å²) in [6.07, 6.45) is 0.628. The first-order valence-electron chi connectivity index (χ1n) is 7.76. The molecule has 6 heteroatoms. The molecular formula is C18H16ClNO4. The Morgan fingerprint density at radius 2 is 1.92 bits per heavy atom. The number of carbonyl (C=O) groups is 1. The molecule has 0 spiro atoms. The first kappa shape index (κ1) is 15.1. The van der Waals surface area contributed by atoms with Gasteiger partial charge in [-0.15, -0.1) is 0 Å². The topological polar surface area (TPSA) is 56.8 Å². The second-order valence-corrected chi connectivity index (χ2v) is 6.31. The lowest BCUT2D eigenvalue weighted by atomic mass is 9.96. The molecule has 4 rings (SSSR count). The smallest absolute Gasteiger partial charge is 0.231 e. The second-order valence-electron chi connectivity index (χ2n) is 5.87. The van der Waals surface area contributed by atoms with Gasteiger partial charge in [-0.3, -0.25) is 4.79 Å². The van der Waals surface area contributed by atoms with Gasteiger partial charge in [0.2, 0.25) is 12.7 Å². The number of benzene rings is 2. The van der Waals surface area contributed by atoms with Gasteiger partial charge in [-0.1, -0.05) is 17.7 Å². The molecule has 1 amide bonds. The molecule has 124 valence electrons. The zero-order valence-electron chi connectivity index (χ0n) is 12.9. The maximum absolute atomic E-state index is 12.4. The molecule has 0 fully saturated rings. The summed E-state index contributed by atoms with van der Waals surface area (Å²) in [5.41, 5.74) is 1.93. The third-order valence-corrected chi connectivity index (χ3v) is 4.44. The predicted molar refractivity (Wildman–Crippen MR) is 88.6 cm³/mol. The molecule has 2 heterocycles. The number of ether oxygens (including phenoxy) is 3. The van der Waals surface area contributed by atoms with Crippen LogP contribution in [0.15, 0.2) is 36.4 Å². The fourth-order valence-corrected chi connectivity index (χ4v) is 3.11. The highest BCUT2D eigenvalue weighted by Gasteiger charge is 2.26. The van der Waals surface area contributed by atoms with Crippen LogP contribution in [0.4, 0.5) is 0 Å². The second kappa shape index (κ2) is 6.24. The van der Waals surface area contributed by atoms with E-state index in [9.17, 15) is 4.79 Å². The van der Waals surface area contributed by atoms with E-state index in [1.54, 1.807) is 6.07 Å². The van der Waals surface area contributed by atoms with Crippen molar-refractivity contribution in [3.63, 3.8) is 0 Å². The van der Waals surface area contributed by atoms with Gasteiger partial charge >= 0.3 is 0 Å². The first-order valence-corrected chi connectivity index (χ1v) is 8.14. The van der Waals surface area contributed by atoms with Crippen molar-refractivity contribution in [3.8, 4) is 17.2 Å². The van der Waals surface area contributed by atoms with Gasteiger partial charge in [0, 0.05) is 11.6 Å². The molecule has 2 aromatic carbocycles. The number of hydrogen-bond donors (Lipinski definition) is 1. The third-order valence-electron chi connectivity index (χ3n) is 4.20. The lowest BCUT2D eigenvalue weighted by Gasteiger charge is -2.24. The fourth-order valence-electron chi connectivity index (χ4n) is 2.92. The molecule has 0 saturated heterocycles. The molecule has 5 nitrogen and oxygen atoms in total. The van der Waals surface area contributed by atoms with Crippen molar-refractivity contribution >= 4 is 17.5 Å². The minimum Gasteiger partial charge on any atom is -0.492 e. The Kier molecular flexibility index (Phi) is 3.94. The number of carbonyl (C=O) groups excluding carboxylic acids is 1. The number of fused-ring (bicyclic) bond motifs is 2. The Hall–Kier alpha value is -2.40. The van der Waals surface area contributed by atoms with E-state index in [-0.39, 0.29) is 18.6 Å². The van der Waals surface area contributed by atoms with Crippen molar-refractivity contribution < 1.29 is 19.0 Å². The van der Waals surface area contributed by atoms with Crippen LogP contribution < -0.4 is 19.5 Å². The average Bonchev–Trinajstić information content (AvgIpc) is 3.06. The van der Waals surface area contributed by atoms with Gasteiger partial charge in [-0.05, 0) is 47.9 Å². The van der Waals surface area contributed by atoms with Crippen LogP contribution in [0.3, 0.4) is 0 Å². The minimum absolute atomic E-state index is 0.0294. The van der Waals surface area contributed by atoms with Crippen LogP contribution in [-0.4, -0.2) is 19.3 Å². The van der Waals surface area contributed by atoms with Gasteiger partial charge in [0.05, 0.1) is 5.92 Å². The van der Waals surface area contributed by atoms with Crippen LogP contribution in [-0.2, 0) is 17.8 Å². The van der Waals surface area contributed by atoms with Crippen molar-refractivity contribution in [2.24, 2.45) is 5.92 Å². The van der Waals surface area contributed by atoms with Crippen LogP contribution in [0.5, 0.6) is 17.2 Å². The maximum Gasteiger partial charge on any atom is 0.231 e. The third kappa shape index (κ3) is 2.99. The molecule has 24 heavy (non-hydrogen) atoms. The predicted octanol–water partition coefficient (Wildman–Crippen LogP) is 2.94. The van der Waals surface area contributed by atoms with Crippen LogP contribution >= 0.6 is 11.6 Å². The van der Waals surface area contributed by atoms with E-state index < -0.39 is 0 Å². The zero-order valence-corrected chi connectivity index (χ0v) is 13.6. The molecule has 1 N–H and O–H groups in total. The lowest BCUT2D eigenvalue weighted by Crippen LogP contribution is -2.37. The van der Waals surface area contributed by atoms with Crippen LogP contribution in [0.1, 0.15) is 11.1 Å². The molecule has 0 aromatic heterocycles. The molecule has 2 aromatic rings. The summed E-state index contributed by atoms with van der Waals surface area (Å²) in [7, 11) is 0. The van der Waals surface area contributed by atoms with Gasteiger partial charge in [-0.2, -0.15) is 0 Å². The van der Waals surface area contributed by atoms with Gasteiger partial charge in [0.1, 0.15) is 12.4 Å². The monoisotopic (exact) mass is 345 g/mol. The minimum atomic E-state index is -0.218. The lowest BCUT2D eigenvalue weighted by molar-refractivity contribution is -0.126. The van der Waals surface area contributed by atoms with Crippen LogP contribution in [0.25, 0.3) is 0 Å². The summed E-state index contributed by atoms with van der Waals surface area (Å²) < 4.78 is 16.3. The van der Waals surface area contributed by atoms with Crippen LogP contribution in [0.2, 0.25) is 5.02 Å². The quantitative estimate of drug-likeness (QED) is 0.929. The van der Waals surface area contributed by atoms with Gasteiger partial charge in [-0.25, -0.2) is 0 Å². The maximum atomic E-state index is 12.4. The molecule has 0 aliphatic carbocycles. The van der Waals surface area contributed by atoms with Crippen molar-refractivity contribution in [1.29, 1.82) is 0 Å². The van der Waals surface area contributed by atoms with Crippen LogP contribution in [0, 0.1) is 5.92 Å². The summed E-state index contributed by atoms with van der Waals surface area (Å²) in [4.78, 5) is 12.4. The van der Waals surface area contributed by atoms with Crippen molar-refractivity contribution in [2.75, 3.05) is 13.4 Å². The number of halogens is 1. The molecule has 0 bridgehead atoms. The SMILES string of the molecule is O=C(NCc1ccc2c(c1)OCO2)C1COc2ccc(Cl)cc2C1. The van der Waals surface area contributed by atoms with Gasteiger partial charge in [0.25, 0.3) is 0 Å². The standard InChI is InChI=1S/C18H16ClNO4/c19-14-2-4-15-12(7-14)6-13(9-22-15)18(21)20-8-11-1-3-16-17(5-11)24-10-23-16/h1-5,7,13H,6,8-10H2,(H,20,21). The number of amides is 1. The van der Waals surface area contributed by atoms with Gasteiger partial charge in [0.15, 0.2) is 11.5 Å². The van der Waals surface area contributed by atoms with E-state index in [1.807, 2.05) is 30.3 Å². The summed E-state index contributed by atoms with van der Waals surface area (Å²) in [5, 5.41) is 3.61. The van der Waals surface area contributed by atoms with Crippen molar-refractivity contribution in [3.05, 3.63) is 52.5 Å². The Morgan fingerprint density at radius 1 is 1.08 bits per heavy atom. The first-order chi connectivity index (χ1) is 11.7. The molecule has 0 saturated carbocycles. The molecule has 2 aliphatic heterocycles. The highest BCUT2D eigenvalue weighted by Crippen LogP contribution is 2.33. The summed E-state index contributed by atoms with van der Waals surface area (Å²) >= 11 is 6.01. The van der Waals surface area contributed by atoms with E-state index in [2.05, 4.69) is 5.32 Å². The number of rotatable bonds is 3. The highest BCUT2D eigenvalue weighted by atomic mass is 35.5. The normalized spacial score (nSPS) is 17.8. The Labute approximate surface area is 144 Å². The largest absolute Gasteiger partial charge is 0.492 e. The number of hydrogen-bond acceptors (Lipinski definition) is 4. The summed E-state index contributed by atoms with van der Waals surface area (Å²) in [6, 6.07) is 11.1. The van der Waals surface area contributed by atoms with Gasteiger partial charge < -0.3 is 19.5 Å². The van der Waals surface area contributed by atoms with Crippen molar-refractivity contribution in [2.45, 2.75) is 13.0 Å². The van der Waals surface area contributed by atoms with E-state index in [1.165, 1.54) is 0 Å². The van der Waals surface area contributed by atoms with E-state index in [4.69, 9.17) is 25.8 Å². The average molecular weight is 346 g/mol. The fraction of sp³-hybridized carbons (Fsp3) is 0.278. The summed E-state index contributed by atoms with van der Waals surface area (Å²) in [5.74, 6) is 2.01. The Morgan fingerprint density at radius 3 is 2.83 bits per heavy atom. The Bertz CT molecular complexity index is 793. The van der Waals surface area contributed by atoms with Crippen molar-refractivity contribution in [1.82, 2.24) is 5.32 Å². The highest BCUT2D eigenvalue weighted by molar-refractivity contribution is 6.30. The Balaban J connectivity index is 1.38. The van der Waals surface area contributed by atoms with E-state index in [0.29, 0.717) is 30.3 Å².